The molecule has 16 nitrogen and oxygen atoms in total. The summed E-state index contributed by atoms with van der Waals surface area (Å²) in [6.45, 7) is -0.355. The van der Waals surface area contributed by atoms with Gasteiger partial charge in [-0.2, -0.15) is 5.01 Å². The van der Waals surface area contributed by atoms with E-state index in [1.54, 1.807) is 49.5 Å². The molecule has 4 aromatic carbocycles. The number of aromatic nitrogens is 5. The quantitative estimate of drug-likeness (QED) is 0.138. The highest BCUT2D eigenvalue weighted by molar-refractivity contribution is 6.36. The number of halogens is 3. The Hall–Kier alpha value is -6.85. The summed E-state index contributed by atoms with van der Waals surface area (Å²) in [5, 5.41) is 11.6. The minimum atomic E-state index is -1.77. The molecule has 0 spiro atoms. The SMILES string of the molecule is COc1ccc([C@@]23C(=O)N(Nc4ccc(Cl)cc4Cl)C(=O)[C@@H]2C[C@@H]2C(=CCn4c(=O)n(CCc5nc6cc(OC)c(OC)cc6n(C)c5=O)c(=O)n42)[C@@H]3c2ccc(O)c(F)c2)cc1. The second-order valence-electron chi connectivity index (χ2n) is 15.5. The molecule has 2 N–H and O–H groups in total. The number of rotatable bonds is 10. The van der Waals surface area contributed by atoms with Crippen LogP contribution in [0.4, 0.5) is 10.1 Å². The van der Waals surface area contributed by atoms with E-state index < -0.39 is 63.6 Å². The molecule has 3 aliphatic rings. The highest BCUT2D eigenvalue weighted by Gasteiger charge is 2.69. The molecule has 9 rings (SSSR count). The Morgan fingerprint density at radius 1 is 0.905 bits per heavy atom. The third kappa shape index (κ3) is 6.31. The fourth-order valence-electron chi connectivity index (χ4n) is 9.51. The molecule has 0 unspecified atom stereocenters. The summed E-state index contributed by atoms with van der Waals surface area (Å²) < 4.78 is 36.7. The van der Waals surface area contributed by atoms with Gasteiger partial charge in [-0.05, 0) is 65.6 Å². The molecule has 0 radical (unpaired) electrons. The summed E-state index contributed by atoms with van der Waals surface area (Å²) in [6, 6.07) is 17.1. The number of benzene rings is 4. The number of carbonyl (C=O) groups excluding carboxylic acids is 2. The van der Waals surface area contributed by atoms with E-state index in [1.165, 1.54) is 59.5 Å². The van der Waals surface area contributed by atoms with E-state index in [-0.39, 0.29) is 47.9 Å². The topological polar surface area (TPSA) is 181 Å². The third-order valence-electron chi connectivity index (χ3n) is 12.4. The van der Waals surface area contributed by atoms with Crippen molar-refractivity contribution < 1.29 is 33.3 Å². The molecule has 1 saturated carbocycles. The van der Waals surface area contributed by atoms with Crippen LogP contribution in [0.1, 0.15) is 35.2 Å². The van der Waals surface area contributed by atoms with Crippen LogP contribution in [-0.2, 0) is 41.6 Å². The Morgan fingerprint density at radius 3 is 2.32 bits per heavy atom. The van der Waals surface area contributed by atoms with Gasteiger partial charge in [0.1, 0.15) is 11.4 Å². The summed E-state index contributed by atoms with van der Waals surface area (Å²) in [5.74, 6) is -4.06. The van der Waals surface area contributed by atoms with Crippen LogP contribution in [0.5, 0.6) is 23.0 Å². The van der Waals surface area contributed by atoms with Crippen LogP contribution in [0, 0.1) is 11.7 Å². The highest BCUT2D eigenvalue weighted by atomic mass is 35.5. The lowest BCUT2D eigenvalue weighted by atomic mass is 9.53. The maximum absolute atomic E-state index is 15.5. The number of imide groups is 1. The zero-order chi connectivity index (χ0) is 44.6. The van der Waals surface area contributed by atoms with E-state index in [1.807, 2.05) is 0 Å². The lowest BCUT2D eigenvalue weighted by Gasteiger charge is -2.49. The molecule has 4 heterocycles. The predicted octanol–water partition coefficient (Wildman–Crippen LogP) is 5.10. The van der Waals surface area contributed by atoms with Gasteiger partial charge in [-0.25, -0.2) is 32.9 Å². The molecule has 2 fully saturated rings. The molecule has 324 valence electrons. The molecule has 4 atom stereocenters. The summed E-state index contributed by atoms with van der Waals surface area (Å²) in [7, 11) is 6.01. The van der Waals surface area contributed by atoms with E-state index in [0.29, 0.717) is 44.4 Å². The highest BCUT2D eigenvalue weighted by Crippen LogP contribution is 2.62. The first-order valence-corrected chi connectivity index (χ1v) is 20.5. The number of hydrogen-bond acceptors (Lipinski definition) is 11. The van der Waals surface area contributed by atoms with Crippen molar-refractivity contribution in [3.05, 3.63) is 148 Å². The van der Waals surface area contributed by atoms with E-state index in [4.69, 9.17) is 37.4 Å². The summed E-state index contributed by atoms with van der Waals surface area (Å²) in [6.07, 6.45) is 1.48. The molecule has 1 saturated heterocycles. The van der Waals surface area contributed by atoms with Crippen molar-refractivity contribution in [3.8, 4) is 23.0 Å². The predicted molar refractivity (Wildman–Crippen MR) is 229 cm³/mol. The molecule has 2 aromatic heterocycles. The van der Waals surface area contributed by atoms with Crippen LogP contribution in [0.25, 0.3) is 11.0 Å². The fourth-order valence-corrected chi connectivity index (χ4v) is 9.96. The van der Waals surface area contributed by atoms with E-state index in [9.17, 15) is 24.3 Å². The number of fused-ring (bicyclic) bond motifs is 5. The molecule has 1 aliphatic carbocycles. The van der Waals surface area contributed by atoms with Gasteiger partial charge in [0.15, 0.2) is 23.1 Å². The van der Waals surface area contributed by atoms with Crippen LogP contribution < -0.4 is 36.6 Å². The second-order valence-corrected chi connectivity index (χ2v) is 16.3. The number of phenols is 1. The lowest BCUT2D eigenvalue weighted by molar-refractivity contribution is -0.138. The van der Waals surface area contributed by atoms with Gasteiger partial charge in [0.2, 0.25) is 0 Å². The molecule has 2 aliphatic heterocycles. The molecule has 63 heavy (non-hydrogen) atoms. The van der Waals surface area contributed by atoms with Crippen LogP contribution in [-0.4, -0.2) is 66.7 Å². The Morgan fingerprint density at radius 2 is 1.63 bits per heavy atom. The first-order chi connectivity index (χ1) is 30.2. The summed E-state index contributed by atoms with van der Waals surface area (Å²) in [4.78, 5) is 77.3. The number of aryl methyl sites for hydroxylation is 2. The van der Waals surface area contributed by atoms with Crippen LogP contribution in [0.15, 0.2) is 98.8 Å². The average molecular weight is 899 g/mol. The van der Waals surface area contributed by atoms with Gasteiger partial charge in [-0.3, -0.25) is 19.8 Å². The number of aromatic hydroxyl groups is 1. The van der Waals surface area contributed by atoms with Gasteiger partial charge in [0.05, 0.1) is 67.0 Å². The van der Waals surface area contributed by atoms with Crippen molar-refractivity contribution in [3.63, 3.8) is 0 Å². The summed E-state index contributed by atoms with van der Waals surface area (Å²) >= 11 is 12.7. The van der Waals surface area contributed by atoms with Gasteiger partial charge in [0, 0.05) is 43.1 Å². The van der Waals surface area contributed by atoms with Crippen molar-refractivity contribution in [2.24, 2.45) is 13.0 Å². The van der Waals surface area contributed by atoms with Gasteiger partial charge in [0.25, 0.3) is 17.4 Å². The first-order valence-electron chi connectivity index (χ1n) is 19.7. The Balaban J connectivity index is 1.18. The van der Waals surface area contributed by atoms with Gasteiger partial charge in [-0.15, -0.1) is 0 Å². The Labute approximate surface area is 366 Å². The minimum absolute atomic E-state index is 0.0938. The number of phenolic OH excluding ortho intramolecular Hbond substituents is 1. The summed E-state index contributed by atoms with van der Waals surface area (Å²) in [5.41, 5.74) is 1.57. The normalized spacial score (nSPS) is 20.3. The van der Waals surface area contributed by atoms with Crippen molar-refractivity contribution in [2.75, 3.05) is 26.8 Å². The molecular weight excluding hydrogens is 860 g/mol. The first kappa shape index (κ1) is 41.5. The third-order valence-corrected chi connectivity index (χ3v) is 13.0. The second kappa shape index (κ2) is 15.5. The standard InChI is InChI=1S/C44H38Cl2FN7O9/c1-50-34-21-37(63-4)36(62-3)20-32(34)48-31(40(50)57)14-15-51-42(59)52-16-13-26-33(54(52)43(51)60)19-27-39(56)53(49-30-11-8-24(45)18-28(30)46)41(58)44(27,23-6-9-25(61-2)10-7-23)38(26)22-5-12-35(55)29(47)17-22/h5-13,17-18,20-21,27,33,38,49,55H,14-16,19H2,1-4H3/t27-,33+,38-,44+/m0/s1. The number of carbonyl (C=O) groups is 2. The van der Waals surface area contributed by atoms with E-state index in [2.05, 4.69) is 10.4 Å². The molecule has 6 aromatic rings. The largest absolute Gasteiger partial charge is 0.505 e. The number of nitrogens with zero attached hydrogens (tertiary/aromatic N) is 6. The zero-order valence-electron chi connectivity index (χ0n) is 34.1. The monoisotopic (exact) mass is 897 g/mol. The Kier molecular flexibility index (Phi) is 10.2. The molecule has 19 heteroatoms. The number of ether oxygens (including phenoxy) is 3. The number of hydrogen-bond donors (Lipinski definition) is 2. The van der Waals surface area contributed by atoms with Gasteiger partial charge in [-0.1, -0.05) is 47.5 Å². The smallest absolute Gasteiger partial charge is 0.347 e. The van der Waals surface area contributed by atoms with Crippen molar-refractivity contribution in [1.82, 2.24) is 28.5 Å². The van der Waals surface area contributed by atoms with Crippen LogP contribution in [0.2, 0.25) is 10.0 Å². The van der Waals surface area contributed by atoms with Crippen molar-refractivity contribution >= 4 is 51.7 Å². The molecular formula is C44H38Cl2FN7O9. The number of allylic oxidation sites excluding steroid dienone is 2. The Bertz CT molecular complexity index is 3120. The lowest BCUT2D eigenvalue weighted by Crippen LogP contribution is -2.53. The van der Waals surface area contributed by atoms with Gasteiger partial charge < -0.3 is 23.9 Å². The van der Waals surface area contributed by atoms with Gasteiger partial charge >= 0.3 is 11.4 Å². The number of nitrogens with one attached hydrogen (secondary N) is 1. The van der Waals surface area contributed by atoms with E-state index >= 15 is 9.18 Å². The maximum Gasteiger partial charge on any atom is 0.347 e. The fraction of sp³-hybridized carbons (Fsp3) is 0.273. The number of methoxy groups -OCH3 is 3. The van der Waals surface area contributed by atoms with Crippen LogP contribution in [0.3, 0.4) is 0 Å². The number of amides is 2. The van der Waals surface area contributed by atoms with Crippen molar-refractivity contribution in [2.45, 2.75) is 43.3 Å². The number of hydrazine groups is 1. The van der Waals surface area contributed by atoms with Crippen molar-refractivity contribution in [1.29, 1.82) is 0 Å². The number of anilines is 1. The minimum Gasteiger partial charge on any atom is -0.505 e. The van der Waals surface area contributed by atoms with Crippen LogP contribution >= 0.6 is 23.2 Å². The molecule has 2 amide bonds. The van der Waals surface area contributed by atoms with E-state index in [0.717, 1.165) is 21.7 Å². The maximum atomic E-state index is 15.5. The zero-order valence-corrected chi connectivity index (χ0v) is 35.6. The average Bonchev–Trinajstić information content (AvgIpc) is 3.65. The molecule has 0 bridgehead atoms.